The Bertz CT molecular complexity index is 275. The lowest BCUT2D eigenvalue weighted by Crippen LogP contribution is -2.32. The molecule has 0 aliphatic heterocycles. The van der Waals surface area contributed by atoms with Crippen molar-refractivity contribution in [3.05, 3.63) is 0 Å². The van der Waals surface area contributed by atoms with Crippen LogP contribution in [0.3, 0.4) is 0 Å². The third-order valence-corrected chi connectivity index (χ3v) is 4.49. The van der Waals surface area contributed by atoms with Gasteiger partial charge >= 0.3 is 0 Å². The van der Waals surface area contributed by atoms with E-state index in [9.17, 15) is 5.11 Å². The van der Waals surface area contributed by atoms with Crippen LogP contribution in [0.1, 0.15) is 46.0 Å². The minimum absolute atomic E-state index is 0.0207. The quantitative estimate of drug-likeness (QED) is 0.272. The van der Waals surface area contributed by atoms with Crippen molar-refractivity contribution in [3.63, 3.8) is 0 Å². The summed E-state index contributed by atoms with van der Waals surface area (Å²) < 4.78 is 16.3. The van der Waals surface area contributed by atoms with Crippen molar-refractivity contribution in [1.82, 2.24) is 4.90 Å². The van der Waals surface area contributed by atoms with Gasteiger partial charge in [-0.25, -0.2) is 0 Å². The van der Waals surface area contributed by atoms with E-state index in [0.29, 0.717) is 58.9 Å². The number of aliphatic hydroxyl groups is 3. The molecule has 0 heterocycles. The average Bonchev–Trinajstić information content (AvgIpc) is 2.64. The van der Waals surface area contributed by atoms with E-state index < -0.39 is 5.60 Å². The van der Waals surface area contributed by atoms with Gasteiger partial charge in [-0.1, -0.05) is 13.8 Å². The fraction of sp³-hybridized carbons (Fsp3) is 1.00. The second-order valence-electron chi connectivity index (χ2n) is 6.49. The van der Waals surface area contributed by atoms with Gasteiger partial charge in [-0.05, 0) is 45.2 Å². The smallest absolute Gasteiger partial charge is 0.0697 e. The molecule has 0 atom stereocenters. The minimum atomic E-state index is -0.791. The molecule has 0 amide bonds. The van der Waals surface area contributed by atoms with Gasteiger partial charge < -0.3 is 34.4 Å². The molecule has 7 heteroatoms. The maximum atomic E-state index is 10.9. The number of hydrogen-bond acceptors (Lipinski definition) is 7. The van der Waals surface area contributed by atoms with Crippen LogP contribution >= 0.6 is 0 Å². The number of nitrogens with zero attached hydrogens (tertiary/aromatic N) is 1. The first-order valence-corrected chi connectivity index (χ1v) is 10.0. The predicted molar refractivity (Wildman–Crippen MR) is 102 cm³/mol. The number of rotatable bonds is 20. The van der Waals surface area contributed by atoms with Gasteiger partial charge in [0.1, 0.15) is 0 Å². The summed E-state index contributed by atoms with van der Waals surface area (Å²) in [7, 11) is 0. The van der Waals surface area contributed by atoms with Crippen LogP contribution in [0.2, 0.25) is 0 Å². The summed E-state index contributed by atoms with van der Waals surface area (Å²) in [5.74, 6) is 0. The molecule has 0 rings (SSSR count). The second kappa shape index (κ2) is 18.1. The number of hydrogen-bond donors (Lipinski definition) is 3. The lowest BCUT2D eigenvalue weighted by atomic mass is 9.89. The number of likely N-dealkylation sites (N-methyl/N-ethyl adjacent to an activating group) is 1. The van der Waals surface area contributed by atoms with Crippen molar-refractivity contribution in [2.24, 2.45) is 0 Å². The summed E-state index contributed by atoms with van der Waals surface area (Å²) in [6, 6.07) is 0. The normalized spacial score (nSPS) is 12.2. The van der Waals surface area contributed by atoms with E-state index in [0.717, 1.165) is 32.5 Å². The molecular weight excluding hydrogens is 338 g/mol. The van der Waals surface area contributed by atoms with Crippen molar-refractivity contribution in [2.45, 2.75) is 51.6 Å². The topological polar surface area (TPSA) is 91.6 Å². The fourth-order valence-electron chi connectivity index (χ4n) is 2.81. The predicted octanol–water partition coefficient (Wildman–Crippen LogP) is 1.04. The molecule has 0 spiro atoms. The van der Waals surface area contributed by atoms with Crippen LogP contribution in [0, 0.1) is 0 Å². The van der Waals surface area contributed by atoms with Gasteiger partial charge in [0.05, 0.1) is 38.6 Å². The zero-order valence-corrected chi connectivity index (χ0v) is 16.8. The zero-order chi connectivity index (χ0) is 19.5. The van der Waals surface area contributed by atoms with Crippen molar-refractivity contribution >= 4 is 0 Å². The lowest BCUT2D eigenvalue weighted by molar-refractivity contribution is -0.0294. The van der Waals surface area contributed by atoms with Gasteiger partial charge in [0, 0.05) is 26.4 Å². The highest BCUT2D eigenvalue weighted by atomic mass is 16.5. The molecule has 0 aromatic rings. The van der Waals surface area contributed by atoms with E-state index in [1.807, 2.05) is 0 Å². The van der Waals surface area contributed by atoms with Crippen molar-refractivity contribution in [1.29, 1.82) is 0 Å². The molecule has 0 saturated heterocycles. The van der Waals surface area contributed by atoms with Crippen LogP contribution in [0.15, 0.2) is 0 Å². The number of ether oxygens (including phenoxy) is 3. The summed E-state index contributed by atoms with van der Waals surface area (Å²) in [4.78, 5) is 2.31. The van der Waals surface area contributed by atoms with Gasteiger partial charge in [-0.15, -0.1) is 0 Å². The Kier molecular flexibility index (Phi) is 17.9. The summed E-state index contributed by atoms with van der Waals surface area (Å²) in [6.45, 7) is 10.2. The van der Waals surface area contributed by atoms with Crippen molar-refractivity contribution in [2.75, 3.05) is 72.5 Å². The fourth-order valence-corrected chi connectivity index (χ4v) is 2.81. The standard InChI is InChI=1S/C19H41NO6/c1-3-20(4-2)10-16-26-15-9-19(23,7-5-13-24-17-11-21)8-6-14-25-18-12-22/h21-23H,3-18H2,1-2H3. The summed E-state index contributed by atoms with van der Waals surface area (Å²) in [5, 5.41) is 28.4. The Labute approximate surface area is 159 Å². The maximum Gasteiger partial charge on any atom is 0.0697 e. The molecule has 7 nitrogen and oxygen atoms in total. The second-order valence-corrected chi connectivity index (χ2v) is 6.49. The van der Waals surface area contributed by atoms with E-state index in [1.54, 1.807) is 0 Å². The van der Waals surface area contributed by atoms with Gasteiger partial charge in [-0.3, -0.25) is 0 Å². The Balaban J connectivity index is 4.11. The molecule has 0 aliphatic rings. The first-order chi connectivity index (χ1) is 12.6. The molecule has 0 unspecified atom stereocenters. The summed E-state index contributed by atoms with van der Waals surface area (Å²) >= 11 is 0. The van der Waals surface area contributed by atoms with Gasteiger partial charge in [0.15, 0.2) is 0 Å². The Morgan fingerprint density at radius 3 is 1.65 bits per heavy atom. The van der Waals surface area contributed by atoms with Crippen LogP contribution in [-0.2, 0) is 14.2 Å². The van der Waals surface area contributed by atoms with E-state index in [1.165, 1.54) is 0 Å². The molecular formula is C19H41NO6. The minimum Gasteiger partial charge on any atom is -0.394 e. The zero-order valence-electron chi connectivity index (χ0n) is 16.8. The van der Waals surface area contributed by atoms with Gasteiger partial charge in [-0.2, -0.15) is 0 Å². The monoisotopic (exact) mass is 379 g/mol. The van der Waals surface area contributed by atoms with Crippen LogP contribution < -0.4 is 0 Å². The third-order valence-electron chi connectivity index (χ3n) is 4.49. The van der Waals surface area contributed by atoms with Crippen LogP contribution in [-0.4, -0.2) is 98.3 Å². The van der Waals surface area contributed by atoms with Crippen LogP contribution in [0.5, 0.6) is 0 Å². The first-order valence-electron chi connectivity index (χ1n) is 10.0. The first kappa shape index (κ1) is 25.7. The molecule has 3 N–H and O–H groups in total. The molecule has 0 aromatic heterocycles. The molecule has 0 aromatic carbocycles. The molecule has 0 aliphatic carbocycles. The van der Waals surface area contributed by atoms with Crippen LogP contribution in [0.25, 0.3) is 0 Å². The van der Waals surface area contributed by atoms with E-state index >= 15 is 0 Å². The van der Waals surface area contributed by atoms with Crippen molar-refractivity contribution < 1.29 is 29.5 Å². The van der Waals surface area contributed by atoms with Gasteiger partial charge in [0.2, 0.25) is 0 Å². The molecule has 0 radical (unpaired) electrons. The Morgan fingerprint density at radius 1 is 0.692 bits per heavy atom. The largest absolute Gasteiger partial charge is 0.394 e. The molecule has 26 heavy (non-hydrogen) atoms. The lowest BCUT2D eigenvalue weighted by Gasteiger charge is -2.28. The molecule has 0 fully saturated rings. The SMILES string of the molecule is CCN(CC)CCOCCC(O)(CCCOCCO)CCCOCCO. The van der Waals surface area contributed by atoms with E-state index in [4.69, 9.17) is 24.4 Å². The number of aliphatic hydroxyl groups excluding tert-OH is 2. The maximum absolute atomic E-state index is 10.9. The van der Waals surface area contributed by atoms with Crippen LogP contribution in [0.4, 0.5) is 0 Å². The Hall–Kier alpha value is -0.280. The van der Waals surface area contributed by atoms with Crippen molar-refractivity contribution in [3.8, 4) is 0 Å². The van der Waals surface area contributed by atoms with Gasteiger partial charge in [0.25, 0.3) is 0 Å². The third kappa shape index (κ3) is 14.8. The molecule has 0 bridgehead atoms. The average molecular weight is 380 g/mol. The molecule has 0 saturated carbocycles. The summed E-state index contributed by atoms with van der Waals surface area (Å²) in [5.41, 5.74) is -0.791. The van der Waals surface area contributed by atoms with E-state index in [2.05, 4.69) is 18.7 Å². The Morgan fingerprint density at radius 2 is 1.19 bits per heavy atom. The van der Waals surface area contributed by atoms with E-state index in [-0.39, 0.29) is 13.2 Å². The molecule has 158 valence electrons. The highest BCUT2D eigenvalue weighted by Crippen LogP contribution is 2.24. The highest BCUT2D eigenvalue weighted by molar-refractivity contribution is 4.78. The highest BCUT2D eigenvalue weighted by Gasteiger charge is 2.25. The summed E-state index contributed by atoms with van der Waals surface area (Å²) in [6.07, 6.45) is 3.35.